The second kappa shape index (κ2) is 10.8. The van der Waals surface area contributed by atoms with Crippen molar-refractivity contribution < 1.29 is 14.3 Å². The molecule has 0 radical (unpaired) electrons. The molecule has 3 aromatic rings. The molecule has 2 aliphatic heterocycles. The van der Waals surface area contributed by atoms with E-state index >= 15 is 0 Å². The van der Waals surface area contributed by atoms with Crippen LogP contribution in [0.3, 0.4) is 0 Å². The quantitative estimate of drug-likeness (QED) is 0.465. The molecule has 1 saturated heterocycles. The summed E-state index contributed by atoms with van der Waals surface area (Å²) in [5, 5.41) is 0. The zero-order valence-electron chi connectivity index (χ0n) is 21.4. The van der Waals surface area contributed by atoms with Crippen LogP contribution in [0.15, 0.2) is 69.6 Å². The van der Waals surface area contributed by atoms with Gasteiger partial charge in [0.25, 0.3) is 5.56 Å². The number of piperidine rings is 1. The number of benzene rings is 2. The predicted molar refractivity (Wildman–Crippen MR) is 146 cm³/mol. The number of thiazole rings is 1. The van der Waals surface area contributed by atoms with Gasteiger partial charge in [-0.05, 0) is 62.9 Å². The maximum Gasteiger partial charge on any atom is 0.338 e. The number of para-hydroxylation sites is 1. The minimum absolute atomic E-state index is 0.200. The highest BCUT2D eigenvalue weighted by atomic mass is 32.1. The van der Waals surface area contributed by atoms with E-state index in [1.165, 1.54) is 36.3 Å². The summed E-state index contributed by atoms with van der Waals surface area (Å²) >= 11 is 1.32. The molecule has 5 rings (SSSR count). The molecule has 2 aliphatic rings. The lowest BCUT2D eigenvalue weighted by molar-refractivity contribution is -0.139. The zero-order chi connectivity index (χ0) is 25.9. The number of hydrogen-bond donors (Lipinski definition) is 0. The molecule has 7 nitrogen and oxygen atoms in total. The molecule has 1 aromatic heterocycles. The lowest BCUT2D eigenvalue weighted by Gasteiger charge is -2.28. The van der Waals surface area contributed by atoms with Gasteiger partial charge in [0.2, 0.25) is 0 Å². The Labute approximate surface area is 220 Å². The Hall–Kier alpha value is -3.65. The largest absolute Gasteiger partial charge is 0.496 e. The number of ether oxygens (including phenoxy) is 2. The number of aromatic nitrogens is 1. The Bertz CT molecular complexity index is 1510. The first-order chi connectivity index (χ1) is 18.0. The highest BCUT2D eigenvalue weighted by Crippen LogP contribution is 2.35. The lowest BCUT2D eigenvalue weighted by atomic mass is 9.95. The van der Waals surface area contributed by atoms with Crippen LogP contribution in [-0.4, -0.2) is 37.3 Å². The van der Waals surface area contributed by atoms with Crippen molar-refractivity contribution in [2.75, 3.05) is 31.7 Å². The Morgan fingerprint density at radius 2 is 1.84 bits per heavy atom. The number of hydrogen-bond acceptors (Lipinski definition) is 7. The molecular weight excluding hydrogens is 486 g/mol. The predicted octanol–water partition coefficient (Wildman–Crippen LogP) is 3.80. The summed E-state index contributed by atoms with van der Waals surface area (Å²) in [6, 6.07) is 15.1. The molecule has 0 bridgehead atoms. The van der Waals surface area contributed by atoms with E-state index in [0.29, 0.717) is 31.9 Å². The molecule has 37 heavy (non-hydrogen) atoms. The number of fused-ring (bicyclic) bond motifs is 1. The van der Waals surface area contributed by atoms with E-state index in [4.69, 9.17) is 9.47 Å². The fourth-order valence-electron chi connectivity index (χ4n) is 5.06. The fraction of sp³-hybridized carbons (Fsp3) is 0.345. The van der Waals surface area contributed by atoms with Gasteiger partial charge < -0.3 is 14.4 Å². The highest BCUT2D eigenvalue weighted by Gasteiger charge is 2.34. The lowest BCUT2D eigenvalue weighted by Crippen LogP contribution is -2.40. The van der Waals surface area contributed by atoms with Crippen LogP contribution in [0.1, 0.15) is 50.3 Å². The minimum Gasteiger partial charge on any atom is -0.496 e. The van der Waals surface area contributed by atoms with Crippen LogP contribution in [0.5, 0.6) is 5.75 Å². The third-order valence-corrected chi connectivity index (χ3v) is 7.85. The number of carbonyl (C=O) groups is 1. The van der Waals surface area contributed by atoms with E-state index in [9.17, 15) is 9.59 Å². The van der Waals surface area contributed by atoms with E-state index in [2.05, 4.69) is 34.2 Å². The van der Waals surface area contributed by atoms with Crippen molar-refractivity contribution in [3.63, 3.8) is 0 Å². The van der Waals surface area contributed by atoms with E-state index in [1.54, 1.807) is 25.5 Å². The Morgan fingerprint density at radius 3 is 2.54 bits per heavy atom. The smallest absolute Gasteiger partial charge is 0.338 e. The van der Waals surface area contributed by atoms with E-state index in [0.717, 1.165) is 18.7 Å². The molecule has 2 aromatic carbocycles. The maximum absolute atomic E-state index is 13.8. The van der Waals surface area contributed by atoms with Crippen molar-refractivity contribution in [3.05, 3.63) is 90.6 Å². The fourth-order valence-corrected chi connectivity index (χ4v) is 6.11. The first kappa shape index (κ1) is 25.0. The van der Waals surface area contributed by atoms with Crippen molar-refractivity contribution >= 4 is 29.1 Å². The van der Waals surface area contributed by atoms with Crippen LogP contribution in [0.4, 0.5) is 5.69 Å². The molecule has 0 aliphatic carbocycles. The van der Waals surface area contributed by atoms with Gasteiger partial charge in [-0.25, -0.2) is 9.79 Å². The highest BCUT2D eigenvalue weighted by molar-refractivity contribution is 7.07. The first-order valence-corrected chi connectivity index (χ1v) is 13.5. The molecule has 0 amide bonds. The molecule has 3 heterocycles. The van der Waals surface area contributed by atoms with Gasteiger partial charge in [-0.15, -0.1) is 0 Å². The molecule has 0 unspecified atom stereocenters. The Morgan fingerprint density at radius 1 is 1.11 bits per heavy atom. The van der Waals surface area contributed by atoms with Crippen molar-refractivity contribution in [1.29, 1.82) is 0 Å². The van der Waals surface area contributed by atoms with Crippen molar-refractivity contribution in [2.24, 2.45) is 4.99 Å². The number of nitrogens with zero attached hydrogens (tertiary/aromatic N) is 3. The molecule has 1 fully saturated rings. The van der Waals surface area contributed by atoms with Gasteiger partial charge in [-0.2, -0.15) is 0 Å². The van der Waals surface area contributed by atoms with Crippen molar-refractivity contribution in [2.45, 2.75) is 39.2 Å². The minimum atomic E-state index is -0.699. The number of allylic oxidation sites excluding steroid dienone is 1. The van der Waals surface area contributed by atoms with Gasteiger partial charge in [0.15, 0.2) is 4.80 Å². The average Bonchev–Trinajstić information content (AvgIpc) is 3.23. The number of anilines is 1. The van der Waals surface area contributed by atoms with Crippen molar-refractivity contribution in [3.8, 4) is 5.75 Å². The number of carbonyl (C=O) groups excluding carboxylic acids is 1. The third-order valence-electron chi connectivity index (χ3n) is 6.86. The number of methoxy groups -OCH3 is 1. The van der Waals surface area contributed by atoms with Gasteiger partial charge in [-0.1, -0.05) is 41.7 Å². The topological polar surface area (TPSA) is 73.1 Å². The zero-order valence-corrected chi connectivity index (χ0v) is 22.2. The second-order valence-electron chi connectivity index (χ2n) is 9.18. The van der Waals surface area contributed by atoms with Crippen LogP contribution in [-0.2, 0) is 9.53 Å². The Kier molecular flexibility index (Phi) is 7.28. The maximum atomic E-state index is 13.8. The number of rotatable bonds is 6. The van der Waals surface area contributed by atoms with Crippen LogP contribution in [0, 0.1) is 0 Å². The summed E-state index contributed by atoms with van der Waals surface area (Å²) in [5.41, 5.74) is 3.55. The van der Waals surface area contributed by atoms with Crippen LogP contribution in [0.25, 0.3) is 6.08 Å². The molecule has 1 atom stereocenters. The summed E-state index contributed by atoms with van der Waals surface area (Å²) in [6.07, 6.45) is 5.64. The molecule has 0 N–H and O–H groups in total. The summed E-state index contributed by atoms with van der Waals surface area (Å²) in [7, 11) is 1.58. The third kappa shape index (κ3) is 4.85. The Balaban J connectivity index is 1.61. The van der Waals surface area contributed by atoms with Crippen LogP contribution < -0.4 is 24.5 Å². The first-order valence-electron chi connectivity index (χ1n) is 12.7. The molecule has 8 heteroatoms. The van der Waals surface area contributed by atoms with E-state index in [1.807, 2.05) is 30.3 Å². The van der Waals surface area contributed by atoms with Crippen LogP contribution in [0.2, 0.25) is 0 Å². The summed E-state index contributed by atoms with van der Waals surface area (Å²) in [5.74, 6) is 0.106. The van der Waals surface area contributed by atoms with Crippen molar-refractivity contribution in [1.82, 2.24) is 4.57 Å². The molecule has 0 saturated carbocycles. The molecule has 192 valence electrons. The molecular formula is C29H31N3O4S. The second-order valence-corrected chi connectivity index (χ2v) is 10.2. The van der Waals surface area contributed by atoms with Gasteiger partial charge in [0.1, 0.15) is 11.8 Å². The summed E-state index contributed by atoms with van der Waals surface area (Å²) in [4.78, 5) is 34.5. The summed E-state index contributed by atoms with van der Waals surface area (Å²) < 4.78 is 13.1. The standard InChI is InChI=1S/C29H31N3O4S/c1-4-36-28(34)25-19(2)30-29-32(26(25)22-10-6-7-11-23(22)35-3)27(33)24(37-29)18-20-12-14-21(15-13-20)31-16-8-5-9-17-31/h6-7,10-15,18,26H,4-5,8-9,16-17H2,1-3H3/b24-18+/t26-/m0/s1. The van der Waals surface area contributed by atoms with E-state index < -0.39 is 12.0 Å². The summed E-state index contributed by atoms with van der Waals surface area (Å²) in [6.45, 7) is 5.95. The van der Waals surface area contributed by atoms with Crippen LogP contribution >= 0.6 is 11.3 Å². The van der Waals surface area contributed by atoms with Gasteiger partial charge in [0.05, 0.1) is 29.5 Å². The van der Waals surface area contributed by atoms with Gasteiger partial charge in [0, 0.05) is 24.3 Å². The normalized spacial score (nSPS) is 17.9. The van der Waals surface area contributed by atoms with Gasteiger partial charge >= 0.3 is 5.97 Å². The average molecular weight is 518 g/mol. The van der Waals surface area contributed by atoms with Gasteiger partial charge in [-0.3, -0.25) is 9.36 Å². The molecule has 0 spiro atoms. The SMILES string of the molecule is CCOC(=O)C1=C(C)N=c2s/c(=C/c3ccc(N4CCCCC4)cc3)c(=O)n2[C@H]1c1ccccc1OC. The van der Waals surface area contributed by atoms with E-state index in [-0.39, 0.29) is 12.2 Å². The monoisotopic (exact) mass is 517 g/mol. The number of esters is 1.